The minimum atomic E-state index is -0.417. The number of amides is 1. The number of aromatic nitrogens is 3. The van der Waals surface area contributed by atoms with E-state index in [4.69, 9.17) is 15.7 Å². The van der Waals surface area contributed by atoms with Gasteiger partial charge in [-0.2, -0.15) is 0 Å². The number of carbonyl (C=O) groups is 1. The Kier molecular flexibility index (Phi) is 6.15. The number of benzene rings is 1. The van der Waals surface area contributed by atoms with Gasteiger partial charge in [0, 0.05) is 49.0 Å². The van der Waals surface area contributed by atoms with Gasteiger partial charge in [0.15, 0.2) is 5.82 Å². The lowest BCUT2D eigenvalue weighted by Gasteiger charge is -2.39. The molecule has 1 amide bonds. The highest BCUT2D eigenvalue weighted by atomic mass is 32.1. The number of hydrogen-bond donors (Lipinski definition) is 1. The molecule has 0 bridgehead atoms. The highest BCUT2D eigenvalue weighted by molar-refractivity contribution is 7.19. The zero-order valence-electron chi connectivity index (χ0n) is 20.4. The Morgan fingerprint density at radius 3 is 2.61 bits per heavy atom. The SMILES string of the molecule is C[C@H]1CCc2c(sc3nc(-c4cccnc4)nc(N4CCN([C@@H](C(N)=O)c5ccccc5)CC4)c23)C1. The molecule has 0 unspecified atom stereocenters. The molecule has 7 nitrogen and oxygen atoms in total. The van der Waals surface area contributed by atoms with Crippen LogP contribution in [-0.4, -0.2) is 51.9 Å². The fraction of sp³-hybridized carbons (Fsp3) is 0.357. The highest BCUT2D eigenvalue weighted by Crippen LogP contribution is 2.42. The number of pyridine rings is 1. The number of thiophene rings is 1. The number of piperazine rings is 1. The summed E-state index contributed by atoms with van der Waals surface area (Å²) in [6.45, 7) is 5.35. The van der Waals surface area contributed by atoms with E-state index in [0.717, 1.165) is 66.6 Å². The first-order chi connectivity index (χ1) is 17.6. The van der Waals surface area contributed by atoms with Gasteiger partial charge in [0.2, 0.25) is 5.91 Å². The molecule has 184 valence electrons. The van der Waals surface area contributed by atoms with Gasteiger partial charge >= 0.3 is 0 Å². The quantitative estimate of drug-likeness (QED) is 0.443. The molecule has 1 aliphatic carbocycles. The molecule has 36 heavy (non-hydrogen) atoms. The molecule has 1 fully saturated rings. The normalized spacial score (nSPS) is 19.2. The van der Waals surface area contributed by atoms with Gasteiger partial charge in [-0.25, -0.2) is 9.97 Å². The van der Waals surface area contributed by atoms with Crippen LogP contribution in [0.1, 0.15) is 35.4 Å². The van der Waals surface area contributed by atoms with E-state index in [1.54, 1.807) is 6.20 Å². The van der Waals surface area contributed by atoms with Crippen LogP contribution in [0, 0.1) is 5.92 Å². The molecule has 4 heterocycles. The summed E-state index contributed by atoms with van der Waals surface area (Å²) in [5.74, 6) is 2.13. The van der Waals surface area contributed by atoms with Crippen molar-refractivity contribution >= 4 is 33.3 Å². The van der Waals surface area contributed by atoms with Gasteiger partial charge in [0.1, 0.15) is 16.7 Å². The van der Waals surface area contributed by atoms with Gasteiger partial charge in [-0.1, -0.05) is 37.3 Å². The van der Waals surface area contributed by atoms with Crippen molar-refractivity contribution in [3.8, 4) is 11.4 Å². The number of anilines is 1. The van der Waals surface area contributed by atoms with Gasteiger partial charge in [0.05, 0.1) is 5.39 Å². The molecule has 2 aliphatic rings. The zero-order chi connectivity index (χ0) is 24.6. The molecule has 4 aromatic rings. The summed E-state index contributed by atoms with van der Waals surface area (Å²) in [6.07, 6.45) is 7.00. The maximum atomic E-state index is 12.4. The molecule has 0 spiro atoms. The number of rotatable bonds is 5. The van der Waals surface area contributed by atoms with Crippen molar-refractivity contribution < 1.29 is 4.79 Å². The van der Waals surface area contributed by atoms with E-state index in [1.165, 1.54) is 22.2 Å². The summed E-state index contributed by atoms with van der Waals surface area (Å²) in [7, 11) is 0. The first-order valence-electron chi connectivity index (χ1n) is 12.6. The fourth-order valence-corrected chi connectivity index (χ4v) is 6.94. The average molecular weight is 499 g/mol. The van der Waals surface area contributed by atoms with Crippen molar-refractivity contribution in [2.45, 2.75) is 32.2 Å². The fourth-order valence-electron chi connectivity index (χ4n) is 5.56. The molecular formula is C28H30N6OS. The summed E-state index contributed by atoms with van der Waals surface area (Å²) < 4.78 is 0. The Balaban J connectivity index is 1.36. The first-order valence-corrected chi connectivity index (χ1v) is 13.5. The Labute approximate surface area is 215 Å². The maximum Gasteiger partial charge on any atom is 0.239 e. The molecule has 1 saturated heterocycles. The van der Waals surface area contributed by atoms with E-state index in [0.29, 0.717) is 5.92 Å². The van der Waals surface area contributed by atoms with Gasteiger partial charge in [0.25, 0.3) is 0 Å². The Hall–Kier alpha value is -3.36. The van der Waals surface area contributed by atoms with Crippen LogP contribution >= 0.6 is 11.3 Å². The molecule has 1 aromatic carbocycles. The number of carbonyl (C=O) groups excluding carboxylic acids is 1. The Morgan fingerprint density at radius 1 is 1.08 bits per heavy atom. The molecule has 0 radical (unpaired) electrons. The molecule has 2 atom stereocenters. The maximum absolute atomic E-state index is 12.4. The molecule has 2 N–H and O–H groups in total. The number of nitrogens with zero attached hydrogens (tertiary/aromatic N) is 5. The van der Waals surface area contributed by atoms with E-state index < -0.39 is 6.04 Å². The summed E-state index contributed by atoms with van der Waals surface area (Å²) in [6, 6.07) is 13.4. The lowest BCUT2D eigenvalue weighted by Crippen LogP contribution is -2.50. The number of primary amides is 1. The minimum absolute atomic E-state index is 0.307. The highest BCUT2D eigenvalue weighted by Gasteiger charge is 2.32. The second-order valence-electron chi connectivity index (χ2n) is 9.88. The molecule has 3 aromatic heterocycles. The number of aryl methyl sites for hydroxylation is 1. The predicted octanol–water partition coefficient (Wildman–Crippen LogP) is 4.23. The van der Waals surface area contributed by atoms with Crippen LogP contribution in [0.4, 0.5) is 5.82 Å². The topological polar surface area (TPSA) is 88.2 Å². The Bertz CT molecular complexity index is 1380. The monoisotopic (exact) mass is 498 g/mol. The minimum Gasteiger partial charge on any atom is -0.368 e. The van der Waals surface area contributed by atoms with E-state index >= 15 is 0 Å². The van der Waals surface area contributed by atoms with Gasteiger partial charge < -0.3 is 10.6 Å². The molecule has 1 aliphatic heterocycles. The molecule has 8 heteroatoms. The molecular weight excluding hydrogens is 468 g/mol. The first kappa shape index (κ1) is 23.1. The van der Waals surface area contributed by atoms with Crippen LogP contribution in [0.15, 0.2) is 54.9 Å². The van der Waals surface area contributed by atoms with Crippen molar-refractivity contribution in [3.63, 3.8) is 0 Å². The van der Waals surface area contributed by atoms with E-state index in [1.807, 2.05) is 60.0 Å². The number of nitrogens with two attached hydrogens (primary N) is 1. The van der Waals surface area contributed by atoms with E-state index in [2.05, 4.69) is 21.7 Å². The third-order valence-corrected chi connectivity index (χ3v) is 8.57. The Morgan fingerprint density at radius 2 is 1.89 bits per heavy atom. The summed E-state index contributed by atoms with van der Waals surface area (Å²) in [5.41, 5.74) is 9.17. The van der Waals surface area contributed by atoms with Crippen LogP contribution in [0.3, 0.4) is 0 Å². The van der Waals surface area contributed by atoms with Crippen molar-refractivity contribution in [2.75, 3.05) is 31.1 Å². The van der Waals surface area contributed by atoms with Crippen LogP contribution in [0.25, 0.3) is 21.6 Å². The second-order valence-corrected chi connectivity index (χ2v) is 11.0. The predicted molar refractivity (Wildman–Crippen MR) is 144 cm³/mol. The van der Waals surface area contributed by atoms with E-state index in [-0.39, 0.29) is 5.91 Å². The van der Waals surface area contributed by atoms with Crippen LogP contribution in [0.2, 0.25) is 0 Å². The van der Waals surface area contributed by atoms with Crippen LogP contribution in [-0.2, 0) is 17.6 Å². The second kappa shape index (κ2) is 9.59. The molecule has 0 saturated carbocycles. The largest absolute Gasteiger partial charge is 0.368 e. The lowest BCUT2D eigenvalue weighted by molar-refractivity contribution is -0.123. The number of hydrogen-bond acceptors (Lipinski definition) is 7. The number of fused-ring (bicyclic) bond motifs is 3. The third-order valence-electron chi connectivity index (χ3n) is 7.42. The summed E-state index contributed by atoms with van der Waals surface area (Å²) in [4.78, 5) is 33.9. The lowest BCUT2D eigenvalue weighted by atomic mass is 9.89. The molecule has 6 rings (SSSR count). The van der Waals surface area contributed by atoms with Crippen molar-refractivity contribution in [1.82, 2.24) is 19.9 Å². The average Bonchev–Trinajstić information content (AvgIpc) is 3.27. The smallest absolute Gasteiger partial charge is 0.239 e. The van der Waals surface area contributed by atoms with Crippen LogP contribution in [0.5, 0.6) is 0 Å². The van der Waals surface area contributed by atoms with E-state index in [9.17, 15) is 4.79 Å². The van der Waals surface area contributed by atoms with Gasteiger partial charge in [-0.3, -0.25) is 14.7 Å². The standard InChI is InChI=1S/C28H30N6OS/c1-18-9-10-21-22(16-18)36-28-23(21)27(31-26(32-28)20-8-5-11-30-17-20)34-14-12-33(13-15-34)24(25(29)35)19-6-3-2-4-7-19/h2-8,11,17-18,24H,9-10,12-16H2,1H3,(H2,29,35)/t18-,24+/m0/s1. The van der Waals surface area contributed by atoms with Gasteiger partial charge in [-0.15, -0.1) is 11.3 Å². The van der Waals surface area contributed by atoms with Crippen molar-refractivity contribution in [3.05, 3.63) is 70.9 Å². The summed E-state index contributed by atoms with van der Waals surface area (Å²) in [5, 5.41) is 1.22. The van der Waals surface area contributed by atoms with Crippen molar-refractivity contribution in [1.29, 1.82) is 0 Å². The van der Waals surface area contributed by atoms with Crippen LogP contribution < -0.4 is 10.6 Å². The van der Waals surface area contributed by atoms with Crippen molar-refractivity contribution in [2.24, 2.45) is 11.7 Å². The third kappa shape index (κ3) is 4.24. The zero-order valence-corrected chi connectivity index (χ0v) is 21.2. The van der Waals surface area contributed by atoms with Gasteiger partial charge in [-0.05, 0) is 48.4 Å². The summed E-state index contributed by atoms with van der Waals surface area (Å²) >= 11 is 1.83.